The average molecular weight is 303 g/mol. The Morgan fingerprint density at radius 3 is 2.88 bits per heavy atom. The van der Waals surface area contributed by atoms with E-state index in [2.05, 4.69) is 27.8 Å². The van der Waals surface area contributed by atoms with Gasteiger partial charge in [0.15, 0.2) is 0 Å². The lowest BCUT2D eigenvalue weighted by atomic mass is 10.2. The minimum atomic E-state index is -0.548. The van der Waals surface area contributed by atoms with E-state index in [4.69, 9.17) is 0 Å². The molecule has 0 radical (unpaired) electrons. The van der Waals surface area contributed by atoms with Crippen molar-refractivity contribution >= 4 is 27.3 Å². The summed E-state index contributed by atoms with van der Waals surface area (Å²) in [4.78, 5) is 10.3. The Hall–Kier alpha value is -1.43. The number of halogens is 2. The number of hydrogen-bond donors (Lipinski definition) is 1. The molecule has 6 heteroatoms. The molecule has 1 aromatic carbocycles. The Kier molecular flexibility index (Phi) is 4.62. The summed E-state index contributed by atoms with van der Waals surface area (Å²) in [7, 11) is 0. The Morgan fingerprint density at radius 1 is 1.71 bits per heavy atom. The van der Waals surface area contributed by atoms with Gasteiger partial charge in [-0.15, -0.1) is 6.58 Å². The zero-order valence-electron chi connectivity index (χ0n) is 9.24. The molecule has 92 valence electrons. The zero-order chi connectivity index (χ0) is 13.0. The van der Waals surface area contributed by atoms with E-state index in [0.717, 1.165) is 12.1 Å². The number of hydrogen-bond acceptors (Lipinski definition) is 3. The number of anilines is 1. The molecule has 0 aliphatic carbocycles. The number of nitrogens with one attached hydrogen (secondary N) is 1. The standard InChI is InChI=1S/C11H12BrFN2O2/c1-3-4-7(2)14-10-6-9(13)8(12)5-11(10)15(16)17/h3,5-7,14H,1,4H2,2H3. The molecule has 0 aliphatic rings. The van der Waals surface area contributed by atoms with Gasteiger partial charge in [0.05, 0.1) is 9.40 Å². The topological polar surface area (TPSA) is 55.2 Å². The molecule has 0 amide bonds. The molecule has 0 fully saturated rings. The van der Waals surface area contributed by atoms with Crippen molar-refractivity contribution in [3.63, 3.8) is 0 Å². The van der Waals surface area contributed by atoms with Crippen LogP contribution in [0.1, 0.15) is 13.3 Å². The second-order valence-corrected chi connectivity index (χ2v) is 4.46. The summed E-state index contributed by atoms with van der Waals surface area (Å²) >= 11 is 2.92. The normalized spacial score (nSPS) is 11.9. The fraction of sp³-hybridized carbons (Fsp3) is 0.273. The first-order valence-electron chi connectivity index (χ1n) is 4.96. The van der Waals surface area contributed by atoms with E-state index in [-0.39, 0.29) is 21.9 Å². The smallest absolute Gasteiger partial charge is 0.293 e. The number of nitrogens with zero attached hydrogens (tertiary/aromatic N) is 1. The van der Waals surface area contributed by atoms with Gasteiger partial charge < -0.3 is 5.32 Å². The van der Waals surface area contributed by atoms with Crippen molar-refractivity contribution in [2.45, 2.75) is 19.4 Å². The maximum atomic E-state index is 13.3. The van der Waals surface area contributed by atoms with Gasteiger partial charge in [-0.1, -0.05) is 6.08 Å². The van der Waals surface area contributed by atoms with Crippen molar-refractivity contribution in [1.29, 1.82) is 0 Å². The predicted octanol–water partition coefficient (Wildman–Crippen LogP) is 3.87. The summed E-state index contributed by atoms with van der Waals surface area (Å²) in [6.07, 6.45) is 2.33. The molecule has 0 aliphatic heterocycles. The fourth-order valence-corrected chi connectivity index (χ4v) is 1.71. The van der Waals surface area contributed by atoms with Crippen LogP contribution in [-0.4, -0.2) is 11.0 Å². The van der Waals surface area contributed by atoms with Crippen LogP contribution in [0.5, 0.6) is 0 Å². The van der Waals surface area contributed by atoms with Crippen molar-refractivity contribution in [2.75, 3.05) is 5.32 Å². The summed E-state index contributed by atoms with van der Waals surface area (Å²) in [5.41, 5.74) is 0.0132. The summed E-state index contributed by atoms with van der Waals surface area (Å²) in [6, 6.07) is 2.21. The van der Waals surface area contributed by atoms with E-state index in [0.29, 0.717) is 6.42 Å². The second-order valence-electron chi connectivity index (χ2n) is 3.61. The zero-order valence-corrected chi connectivity index (χ0v) is 10.8. The largest absolute Gasteiger partial charge is 0.377 e. The fourth-order valence-electron chi connectivity index (χ4n) is 1.38. The molecule has 0 heterocycles. The maximum Gasteiger partial charge on any atom is 0.293 e. The summed E-state index contributed by atoms with van der Waals surface area (Å²) in [6.45, 7) is 5.41. The van der Waals surface area contributed by atoms with Gasteiger partial charge in [-0.3, -0.25) is 10.1 Å². The van der Waals surface area contributed by atoms with E-state index in [9.17, 15) is 14.5 Å². The second kappa shape index (κ2) is 5.77. The predicted molar refractivity (Wildman–Crippen MR) is 68.7 cm³/mol. The highest BCUT2D eigenvalue weighted by Crippen LogP contribution is 2.31. The number of rotatable bonds is 5. The molecule has 1 unspecified atom stereocenters. The summed E-state index contributed by atoms with van der Waals surface area (Å²) in [5.74, 6) is -0.538. The van der Waals surface area contributed by atoms with Gasteiger partial charge in [0, 0.05) is 18.2 Å². The Morgan fingerprint density at radius 2 is 2.35 bits per heavy atom. The first-order valence-corrected chi connectivity index (χ1v) is 5.76. The molecule has 1 N–H and O–H groups in total. The molecule has 0 saturated carbocycles. The number of nitro groups is 1. The first-order chi connectivity index (χ1) is 7.95. The van der Waals surface area contributed by atoms with Crippen LogP contribution in [0.15, 0.2) is 29.3 Å². The van der Waals surface area contributed by atoms with Crippen LogP contribution in [0.3, 0.4) is 0 Å². The number of nitro benzene ring substituents is 1. The van der Waals surface area contributed by atoms with Crippen LogP contribution < -0.4 is 5.32 Å². The Balaban J connectivity index is 3.08. The highest BCUT2D eigenvalue weighted by molar-refractivity contribution is 9.10. The van der Waals surface area contributed by atoms with Gasteiger partial charge in [-0.25, -0.2) is 4.39 Å². The lowest BCUT2D eigenvalue weighted by Gasteiger charge is -2.13. The van der Waals surface area contributed by atoms with Crippen LogP contribution in [0.4, 0.5) is 15.8 Å². The molecule has 0 aromatic heterocycles. The lowest BCUT2D eigenvalue weighted by Crippen LogP contribution is -2.15. The molecule has 0 bridgehead atoms. The Bertz CT molecular complexity index is 451. The van der Waals surface area contributed by atoms with Gasteiger partial charge in [0.2, 0.25) is 0 Å². The van der Waals surface area contributed by atoms with E-state index in [1.54, 1.807) is 6.08 Å². The van der Waals surface area contributed by atoms with Gasteiger partial charge in [0.25, 0.3) is 5.69 Å². The molecule has 1 atom stereocenters. The van der Waals surface area contributed by atoms with E-state index >= 15 is 0 Å². The monoisotopic (exact) mass is 302 g/mol. The van der Waals surface area contributed by atoms with Crippen molar-refractivity contribution in [2.24, 2.45) is 0 Å². The molecular formula is C11H12BrFN2O2. The van der Waals surface area contributed by atoms with Gasteiger partial charge in [-0.05, 0) is 29.3 Å². The van der Waals surface area contributed by atoms with E-state index in [1.165, 1.54) is 0 Å². The highest BCUT2D eigenvalue weighted by Gasteiger charge is 2.18. The molecule has 0 saturated heterocycles. The van der Waals surface area contributed by atoms with Crippen LogP contribution in [0.2, 0.25) is 0 Å². The molecular weight excluding hydrogens is 291 g/mol. The van der Waals surface area contributed by atoms with Gasteiger partial charge in [0.1, 0.15) is 11.5 Å². The average Bonchev–Trinajstić information content (AvgIpc) is 2.23. The van der Waals surface area contributed by atoms with E-state index in [1.807, 2.05) is 6.92 Å². The van der Waals surface area contributed by atoms with Crippen LogP contribution in [-0.2, 0) is 0 Å². The third-order valence-electron chi connectivity index (χ3n) is 2.16. The van der Waals surface area contributed by atoms with Crippen molar-refractivity contribution in [3.05, 3.63) is 45.2 Å². The molecule has 1 aromatic rings. The maximum absolute atomic E-state index is 13.3. The summed E-state index contributed by atoms with van der Waals surface area (Å²) < 4.78 is 13.4. The lowest BCUT2D eigenvalue weighted by molar-refractivity contribution is -0.384. The van der Waals surface area contributed by atoms with Crippen LogP contribution in [0, 0.1) is 15.9 Å². The van der Waals surface area contributed by atoms with Gasteiger partial charge >= 0.3 is 0 Å². The minimum Gasteiger partial charge on any atom is -0.377 e. The third kappa shape index (κ3) is 3.52. The molecule has 17 heavy (non-hydrogen) atoms. The van der Waals surface area contributed by atoms with Gasteiger partial charge in [-0.2, -0.15) is 0 Å². The van der Waals surface area contributed by atoms with Crippen molar-refractivity contribution in [1.82, 2.24) is 0 Å². The first kappa shape index (κ1) is 13.6. The molecule has 4 nitrogen and oxygen atoms in total. The highest BCUT2D eigenvalue weighted by atomic mass is 79.9. The quantitative estimate of drug-likeness (QED) is 0.510. The Labute approximate surface area is 107 Å². The third-order valence-corrected chi connectivity index (χ3v) is 2.77. The summed E-state index contributed by atoms with van der Waals surface area (Å²) in [5, 5.41) is 13.7. The number of benzene rings is 1. The SMILES string of the molecule is C=CCC(C)Nc1cc(F)c(Br)cc1[N+](=O)[O-]. The van der Waals surface area contributed by atoms with Crippen molar-refractivity contribution < 1.29 is 9.31 Å². The molecule has 1 rings (SSSR count). The molecule has 0 spiro atoms. The van der Waals surface area contributed by atoms with Crippen LogP contribution in [0.25, 0.3) is 0 Å². The van der Waals surface area contributed by atoms with E-state index < -0.39 is 10.7 Å². The van der Waals surface area contributed by atoms with Crippen molar-refractivity contribution in [3.8, 4) is 0 Å². The van der Waals surface area contributed by atoms with Crippen LogP contribution >= 0.6 is 15.9 Å². The minimum absolute atomic E-state index is 0.0493.